The molecule has 0 aliphatic heterocycles. The molecule has 0 fully saturated rings. The van der Waals surface area contributed by atoms with Gasteiger partial charge in [-0.15, -0.1) is 0 Å². The molecule has 0 saturated carbocycles. The summed E-state index contributed by atoms with van der Waals surface area (Å²) in [6.45, 7) is 1.69. The van der Waals surface area contributed by atoms with E-state index in [1.54, 1.807) is 6.92 Å². The number of anilines is 1. The largest absolute Gasteiger partial charge is 0.326 e. The highest BCUT2D eigenvalue weighted by atomic mass is 32.2. The van der Waals surface area contributed by atoms with Gasteiger partial charge in [-0.25, -0.2) is 4.39 Å². The molecular formula is C11H13FN4O2S. The van der Waals surface area contributed by atoms with Crippen LogP contribution in [0.5, 0.6) is 0 Å². The summed E-state index contributed by atoms with van der Waals surface area (Å²) in [7, 11) is -3.97. The number of nitrogens with one attached hydrogen (secondary N) is 2. The number of aromatic nitrogens is 2. The van der Waals surface area contributed by atoms with E-state index in [4.69, 9.17) is 5.73 Å². The standard InChI is InChI=1S/C11H13FN4O2S/c1-7-8(6-13)11(15-14-7)19(17,18)16-10-5-3-2-4-9(10)12/h2-5,16H,6,13H2,1H3,(H,14,15). The van der Waals surface area contributed by atoms with Gasteiger partial charge in [0.05, 0.1) is 5.69 Å². The molecule has 0 amide bonds. The van der Waals surface area contributed by atoms with Crippen LogP contribution < -0.4 is 10.5 Å². The van der Waals surface area contributed by atoms with Crippen LogP contribution in [0, 0.1) is 12.7 Å². The van der Waals surface area contributed by atoms with Gasteiger partial charge in [-0.1, -0.05) is 12.1 Å². The Kier molecular flexibility index (Phi) is 3.54. The van der Waals surface area contributed by atoms with Gasteiger partial charge in [-0.2, -0.15) is 13.5 Å². The van der Waals surface area contributed by atoms with Crippen molar-refractivity contribution in [1.82, 2.24) is 10.2 Å². The van der Waals surface area contributed by atoms with Gasteiger partial charge in [0.25, 0.3) is 10.0 Å². The predicted octanol–water partition coefficient (Wildman–Crippen LogP) is 1.12. The molecule has 1 aromatic carbocycles. The van der Waals surface area contributed by atoms with Gasteiger partial charge in [0.2, 0.25) is 5.03 Å². The summed E-state index contributed by atoms with van der Waals surface area (Å²) in [5.41, 5.74) is 6.30. The lowest BCUT2D eigenvalue weighted by Gasteiger charge is -2.07. The average molecular weight is 284 g/mol. The second kappa shape index (κ2) is 4.98. The number of nitrogens with zero attached hydrogens (tertiary/aromatic N) is 1. The van der Waals surface area contributed by atoms with Crippen LogP contribution in [0.4, 0.5) is 10.1 Å². The second-order valence-electron chi connectivity index (χ2n) is 3.92. The van der Waals surface area contributed by atoms with Crippen LogP contribution in [0.15, 0.2) is 29.3 Å². The Morgan fingerprint density at radius 2 is 2.11 bits per heavy atom. The van der Waals surface area contributed by atoms with Crippen molar-refractivity contribution >= 4 is 15.7 Å². The van der Waals surface area contributed by atoms with Crippen LogP contribution in [0.25, 0.3) is 0 Å². The van der Waals surface area contributed by atoms with Crippen molar-refractivity contribution in [2.24, 2.45) is 5.73 Å². The Hall–Kier alpha value is -1.93. The van der Waals surface area contributed by atoms with E-state index in [0.29, 0.717) is 11.3 Å². The molecule has 2 rings (SSSR count). The Labute approximate surface area is 109 Å². The molecule has 4 N–H and O–H groups in total. The van der Waals surface area contributed by atoms with Gasteiger partial charge >= 0.3 is 0 Å². The Bertz CT molecular complexity index is 696. The Balaban J connectivity index is 2.41. The number of aromatic amines is 1. The Morgan fingerprint density at radius 1 is 1.42 bits per heavy atom. The normalized spacial score (nSPS) is 11.5. The summed E-state index contributed by atoms with van der Waals surface area (Å²) in [5.74, 6) is -0.660. The zero-order chi connectivity index (χ0) is 14.0. The fourth-order valence-corrected chi connectivity index (χ4v) is 2.91. The van der Waals surface area contributed by atoms with E-state index in [1.807, 2.05) is 0 Å². The highest BCUT2D eigenvalue weighted by Crippen LogP contribution is 2.21. The molecule has 19 heavy (non-hydrogen) atoms. The van der Waals surface area contributed by atoms with Crippen molar-refractivity contribution in [1.29, 1.82) is 0 Å². The van der Waals surface area contributed by atoms with E-state index in [9.17, 15) is 12.8 Å². The smallest absolute Gasteiger partial charge is 0.281 e. The van der Waals surface area contributed by atoms with Gasteiger partial charge in [0.1, 0.15) is 5.82 Å². The summed E-state index contributed by atoms with van der Waals surface area (Å²) in [6, 6.07) is 5.49. The minimum atomic E-state index is -3.97. The maximum absolute atomic E-state index is 13.4. The average Bonchev–Trinajstić information content (AvgIpc) is 2.74. The first-order chi connectivity index (χ1) is 8.95. The molecular weight excluding hydrogens is 271 g/mol. The van der Waals surface area contributed by atoms with Crippen molar-refractivity contribution in [2.45, 2.75) is 18.5 Å². The van der Waals surface area contributed by atoms with Crippen molar-refractivity contribution in [2.75, 3.05) is 4.72 Å². The highest BCUT2D eigenvalue weighted by molar-refractivity contribution is 7.92. The molecule has 1 heterocycles. The Morgan fingerprint density at radius 3 is 2.74 bits per heavy atom. The molecule has 0 atom stereocenters. The zero-order valence-electron chi connectivity index (χ0n) is 10.1. The maximum Gasteiger partial charge on any atom is 0.281 e. The van der Waals surface area contributed by atoms with E-state index in [-0.39, 0.29) is 17.3 Å². The lowest BCUT2D eigenvalue weighted by Crippen LogP contribution is -2.17. The third-order valence-electron chi connectivity index (χ3n) is 2.61. The van der Waals surface area contributed by atoms with Gasteiger partial charge in [0, 0.05) is 17.8 Å². The predicted molar refractivity (Wildman–Crippen MR) is 68.4 cm³/mol. The number of hydrogen-bond donors (Lipinski definition) is 3. The number of nitrogens with two attached hydrogens (primary N) is 1. The summed E-state index contributed by atoms with van der Waals surface area (Å²) < 4.78 is 39.9. The first-order valence-corrected chi connectivity index (χ1v) is 6.95. The topological polar surface area (TPSA) is 101 Å². The number of hydrogen-bond acceptors (Lipinski definition) is 4. The fourth-order valence-electron chi connectivity index (χ4n) is 1.63. The van der Waals surface area contributed by atoms with Crippen LogP contribution in [0.2, 0.25) is 0 Å². The molecule has 102 valence electrons. The highest BCUT2D eigenvalue weighted by Gasteiger charge is 2.24. The number of rotatable bonds is 4. The molecule has 0 saturated heterocycles. The van der Waals surface area contributed by atoms with Crippen molar-refractivity contribution in [3.05, 3.63) is 41.3 Å². The van der Waals surface area contributed by atoms with Crippen LogP contribution in [-0.2, 0) is 16.6 Å². The third-order valence-corrected chi connectivity index (χ3v) is 3.95. The molecule has 1 aromatic heterocycles. The van der Waals surface area contributed by atoms with Crippen molar-refractivity contribution < 1.29 is 12.8 Å². The SMILES string of the molecule is Cc1[nH]nc(S(=O)(=O)Nc2ccccc2F)c1CN. The monoisotopic (exact) mass is 284 g/mol. The summed E-state index contributed by atoms with van der Waals surface area (Å²) in [5, 5.41) is 6.05. The van der Waals surface area contributed by atoms with Gasteiger partial charge in [-0.3, -0.25) is 9.82 Å². The van der Waals surface area contributed by atoms with E-state index in [1.165, 1.54) is 18.2 Å². The lowest BCUT2D eigenvalue weighted by molar-refractivity contribution is 0.593. The van der Waals surface area contributed by atoms with E-state index >= 15 is 0 Å². The molecule has 0 bridgehead atoms. The van der Waals surface area contributed by atoms with E-state index < -0.39 is 15.8 Å². The molecule has 0 radical (unpaired) electrons. The number of sulfonamides is 1. The lowest BCUT2D eigenvalue weighted by atomic mass is 10.3. The molecule has 0 aliphatic carbocycles. The summed E-state index contributed by atoms with van der Waals surface area (Å²) in [4.78, 5) is 0. The third kappa shape index (κ3) is 2.59. The first kappa shape index (κ1) is 13.5. The van der Waals surface area contributed by atoms with Crippen molar-refractivity contribution in [3.8, 4) is 0 Å². The first-order valence-electron chi connectivity index (χ1n) is 5.47. The number of aryl methyl sites for hydroxylation is 1. The van der Waals surface area contributed by atoms with Gasteiger partial charge < -0.3 is 5.73 Å². The number of para-hydroxylation sites is 1. The molecule has 0 spiro atoms. The number of H-pyrrole nitrogens is 1. The minimum absolute atomic E-state index is 0.0237. The maximum atomic E-state index is 13.4. The van der Waals surface area contributed by atoms with Crippen molar-refractivity contribution in [3.63, 3.8) is 0 Å². The van der Waals surface area contributed by atoms with Gasteiger partial charge in [0.15, 0.2) is 0 Å². The van der Waals surface area contributed by atoms with Crippen LogP contribution >= 0.6 is 0 Å². The zero-order valence-corrected chi connectivity index (χ0v) is 11.0. The quantitative estimate of drug-likeness (QED) is 0.783. The van der Waals surface area contributed by atoms with E-state index in [2.05, 4.69) is 14.9 Å². The minimum Gasteiger partial charge on any atom is -0.326 e. The van der Waals surface area contributed by atoms with Crippen LogP contribution in [-0.4, -0.2) is 18.6 Å². The molecule has 0 aliphatic rings. The summed E-state index contributed by atoms with van der Waals surface area (Å²) in [6.07, 6.45) is 0. The number of halogens is 1. The molecule has 0 unspecified atom stereocenters. The van der Waals surface area contributed by atoms with Gasteiger partial charge in [-0.05, 0) is 19.1 Å². The molecule has 8 heteroatoms. The molecule has 2 aromatic rings. The van der Waals surface area contributed by atoms with E-state index in [0.717, 1.165) is 6.07 Å². The van der Waals surface area contributed by atoms with Crippen LogP contribution in [0.3, 0.4) is 0 Å². The fraction of sp³-hybridized carbons (Fsp3) is 0.182. The molecule has 6 nitrogen and oxygen atoms in total. The summed E-state index contributed by atoms with van der Waals surface area (Å²) >= 11 is 0. The second-order valence-corrected chi connectivity index (χ2v) is 5.52. The van der Waals surface area contributed by atoms with Crippen LogP contribution in [0.1, 0.15) is 11.3 Å². The number of benzene rings is 1.